The van der Waals surface area contributed by atoms with Crippen LogP contribution < -0.4 is 5.32 Å². The number of ether oxygens (including phenoxy) is 3. The van der Waals surface area contributed by atoms with E-state index in [0.29, 0.717) is 29.2 Å². The highest BCUT2D eigenvalue weighted by molar-refractivity contribution is 6.30. The number of carbonyl (C=O) groups excluding carboxylic acids is 2. The van der Waals surface area contributed by atoms with E-state index in [2.05, 4.69) is 11.9 Å². The molecule has 1 N–H and O–H groups in total. The van der Waals surface area contributed by atoms with Gasteiger partial charge in [-0.05, 0) is 75.4 Å². The zero-order valence-corrected chi connectivity index (χ0v) is 25.4. The lowest BCUT2D eigenvalue weighted by Gasteiger charge is -2.33. The third-order valence-corrected chi connectivity index (χ3v) is 6.82. The highest BCUT2D eigenvalue weighted by atomic mass is 35.5. The lowest BCUT2D eigenvalue weighted by molar-refractivity contribution is -0.158. The molecule has 224 valence electrons. The van der Waals surface area contributed by atoms with Crippen LogP contribution in [0, 0.1) is 11.2 Å². The summed E-state index contributed by atoms with van der Waals surface area (Å²) in [7, 11) is 0. The van der Waals surface area contributed by atoms with Gasteiger partial charge in [0, 0.05) is 23.2 Å². The van der Waals surface area contributed by atoms with Crippen molar-refractivity contribution in [3.05, 3.63) is 107 Å². The third-order valence-electron chi connectivity index (χ3n) is 6.58. The maximum atomic E-state index is 14.4. The minimum Gasteiger partial charge on any atom is -0.460 e. The Labute approximate surface area is 252 Å². The van der Waals surface area contributed by atoms with Gasteiger partial charge in [-0.2, -0.15) is 0 Å². The van der Waals surface area contributed by atoms with Crippen molar-refractivity contribution in [2.75, 3.05) is 13.2 Å². The Morgan fingerprint density at radius 2 is 1.71 bits per heavy atom. The van der Waals surface area contributed by atoms with Crippen LogP contribution >= 0.6 is 11.6 Å². The maximum Gasteiger partial charge on any atom is 0.407 e. The van der Waals surface area contributed by atoms with E-state index in [1.54, 1.807) is 39.0 Å². The molecule has 3 rings (SSSR count). The Kier molecular flexibility index (Phi) is 11.7. The smallest absolute Gasteiger partial charge is 0.407 e. The van der Waals surface area contributed by atoms with E-state index in [4.69, 9.17) is 25.8 Å². The van der Waals surface area contributed by atoms with Crippen molar-refractivity contribution in [3.63, 3.8) is 0 Å². The number of esters is 1. The van der Waals surface area contributed by atoms with E-state index >= 15 is 0 Å². The van der Waals surface area contributed by atoms with Crippen LogP contribution in [-0.2, 0) is 32.0 Å². The summed E-state index contributed by atoms with van der Waals surface area (Å²) in [5.41, 5.74) is 0.799. The van der Waals surface area contributed by atoms with Crippen LogP contribution in [0.4, 0.5) is 9.18 Å². The van der Waals surface area contributed by atoms with Crippen molar-refractivity contribution in [1.29, 1.82) is 0 Å². The predicted molar refractivity (Wildman–Crippen MR) is 164 cm³/mol. The van der Waals surface area contributed by atoms with Gasteiger partial charge in [-0.1, -0.05) is 72.3 Å². The Morgan fingerprint density at radius 3 is 2.33 bits per heavy atom. The van der Waals surface area contributed by atoms with Crippen LogP contribution in [0.5, 0.6) is 0 Å². The van der Waals surface area contributed by atoms with Gasteiger partial charge < -0.3 is 19.5 Å². The number of rotatable bonds is 13. The van der Waals surface area contributed by atoms with Crippen molar-refractivity contribution in [2.24, 2.45) is 5.41 Å². The summed E-state index contributed by atoms with van der Waals surface area (Å²) >= 11 is 6.08. The molecule has 8 heteroatoms. The highest BCUT2D eigenvalue weighted by Crippen LogP contribution is 2.31. The molecule has 0 fully saturated rings. The van der Waals surface area contributed by atoms with E-state index in [1.165, 1.54) is 18.2 Å². The maximum absolute atomic E-state index is 14.4. The molecule has 42 heavy (non-hydrogen) atoms. The summed E-state index contributed by atoms with van der Waals surface area (Å²) in [4.78, 5) is 26.5. The van der Waals surface area contributed by atoms with Crippen molar-refractivity contribution in [1.82, 2.24) is 5.32 Å². The molecule has 3 aromatic carbocycles. The standard InChI is InChI=1S/C34H39ClFNO5/c1-6-34(23-40-7-2,31(38)41-22-25-11-9-8-10-12-25)21-28(37-32(39)42-33(3,4)5)19-24-13-15-26(16-14-24)29-20-27(35)17-18-30(29)36/h6,8-18,20,28H,1,7,19,21-23H2,2-5H3,(H,37,39)/t28-,34+/m1/s1. The van der Waals surface area contributed by atoms with Gasteiger partial charge in [-0.25, -0.2) is 9.18 Å². The SMILES string of the molecule is C=C[C@@](COCC)(C[C@@H](Cc1ccc(-c2cc(Cl)ccc2F)cc1)NC(=O)OC(C)(C)C)C(=O)OCc1ccccc1. The summed E-state index contributed by atoms with van der Waals surface area (Å²) < 4.78 is 31.4. The minimum absolute atomic E-state index is 0.0279. The molecule has 0 aliphatic rings. The molecule has 0 spiro atoms. The largest absolute Gasteiger partial charge is 0.460 e. The van der Waals surface area contributed by atoms with Gasteiger partial charge in [0.05, 0.1) is 6.61 Å². The van der Waals surface area contributed by atoms with Crippen LogP contribution in [0.2, 0.25) is 5.02 Å². The van der Waals surface area contributed by atoms with Crippen molar-refractivity contribution >= 4 is 23.7 Å². The lowest BCUT2D eigenvalue weighted by atomic mass is 9.80. The fourth-order valence-electron chi connectivity index (χ4n) is 4.49. The van der Waals surface area contributed by atoms with Gasteiger partial charge in [0.15, 0.2) is 0 Å². The summed E-state index contributed by atoms with van der Waals surface area (Å²) in [6, 6.07) is 20.5. The number of nitrogens with one attached hydrogen (secondary N) is 1. The zero-order chi connectivity index (χ0) is 30.8. The minimum atomic E-state index is -1.24. The molecule has 0 radical (unpaired) electrons. The average Bonchev–Trinajstić information content (AvgIpc) is 2.95. The zero-order valence-electron chi connectivity index (χ0n) is 24.6. The van der Waals surface area contributed by atoms with E-state index in [0.717, 1.165) is 11.1 Å². The number of alkyl carbamates (subject to hydrolysis) is 1. The van der Waals surface area contributed by atoms with E-state index < -0.39 is 29.1 Å². The number of halogens is 2. The molecule has 6 nitrogen and oxygen atoms in total. The molecule has 0 saturated carbocycles. The molecule has 0 unspecified atom stereocenters. The highest BCUT2D eigenvalue weighted by Gasteiger charge is 2.40. The third kappa shape index (κ3) is 9.71. The van der Waals surface area contributed by atoms with Crippen LogP contribution in [0.3, 0.4) is 0 Å². The van der Waals surface area contributed by atoms with E-state index in [1.807, 2.05) is 49.4 Å². The second kappa shape index (κ2) is 15.0. The van der Waals surface area contributed by atoms with Gasteiger partial charge in [0.1, 0.15) is 23.4 Å². The van der Waals surface area contributed by atoms with E-state index in [9.17, 15) is 14.0 Å². The van der Waals surface area contributed by atoms with Gasteiger partial charge in [0.25, 0.3) is 0 Å². The molecule has 0 aliphatic carbocycles. The van der Waals surface area contributed by atoms with Gasteiger partial charge >= 0.3 is 12.1 Å². The number of carbonyl (C=O) groups is 2. The molecule has 0 saturated heterocycles. The summed E-state index contributed by atoms with van der Waals surface area (Å²) in [5, 5.41) is 3.37. The normalized spacial score (nSPS) is 13.5. The van der Waals surface area contributed by atoms with Crippen molar-refractivity contribution in [3.8, 4) is 11.1 Å². The van der Waals surface area contributed by atoms with Gasteiger partial charge in [0.2, 0.25) is 0 Å². The molecular weight excluding hydrogens is 557 g/mol. The molecule has 0 bridgehead atoms. The van der Waals surface area contributed by atoms with Gasteiger partial charge in [-0.3, -0.25) is 4.79 Å². The first-order valence-corrected chi connectivity index (χ1v) is 14.3. The molecular formula is C34H39ClFNO5. The topological polar surface area (TPSA) is 73.9 Å². The first-order chi connectivity index (χ1) is 19.9. The molecule has 0 aromatic heterocycles. The number of hydrogen-bond acceptors (Lipinski definition) is 5. The Morgan fingerprint density at radius 1 is 1.02 bits per heavy atom. The van der Waals surface area contributed by atoms with E-state index in [-0.39, 0.29) is 25.5 Å². The first-order valence-electron chi connectivity index (χ1n) is 13.9. The Balaban J connectivity index is 1.88. The number of benzene rings is 3. The monoisotopic (exact) mass is 595 g/mol. The van der Waals surface area contributed by atoms with Crippen molar-refractivity contribution < 1.29 is 28.2 Å². The van der Waals surface area contributed by atoms with Crippen LogP contribution in [0.1, 0.15) is 45.2 Å². The predicted octanol–water partition coefficient (Wildman–Crippen LogP) is 7.92. The second-order valence-electron chi connectivity index (χ2n) is 11.1. The fraction of sp³-hybridized carbons (Fsp3) is 0.353. The lowest BCUT2D eigenvalue weighted by Crippen LogP contribution is -2.46. The Hall–Kier alpha value is -3.68. The average molecular weight is 596 g/mol. The quantitative estimate of drug-likeness (QED) is 0.160. The number of amides is 1. The Bertz CT molecular complexity index is 1340. The fourth-order valence-corrected chi connectivity index (χ4v) is 4.66. The molecule has 0 heterocycles. The molecule has 2 atom stereocenters. The van der Waals surface area contributed by atoms with Crippen LogP contribution in [0.25, 0.3) is 11.1 Å². The number of hydrogen-bond donors (Lipinski definition) is 1. The van der Waals surface area contributed by atoms with Gasteiger partial charge in [-0.15, -0.1) is 6.58 Å². The molecule has 1 amide bonds. The second-order valence-corrected chi connectivity index (χ2v) is 11.6. The van der Waals surface area contributed by atoms with Crippen LogP contribution in [0.15, 0.2) is 85.5 Å². The summed E-state index contributed by atoms with van der Waals surface area (Å²) in [6.45, 7) is 11.6. The molecule has 3 aromatic rings. The summed E-state index contributed by atoms with van der Waals surface area (Å²) in [6.07, 6.45) is 1.42. The van der Waals surface area contributed by atoms with Crippen LogP contribution in [-0.4, -0.2) is 36.9 Å². The van der Waals surface area contributed by atoms with Crippen molar-refractivity contribution in [2.45, 2.75) is 58.8 Å². The molecule has 0 aliphatic heterocycles. The summed E-state index contributed by atoms with van der Waals surface area (Å²) in [5.74, 6) is -0.880. The first kappa shape index (κ1) is 32.8.